The summed E-state index contributed by atoms with van der Waals surface area (Å²) in [5, 5.41) is 12.0. The highest BCUT2D eigenvalue weighted by Gasteiger charge is 2.11. The predicted molar refractivity (Wildman–Crippen MR) is 62.5 cm³/mol. The number of aliphatic hydroxyl groups excluding tert-OH is 1. The summed E-state index contributed by atoms with van der Waals surface area (Å²) in [6, 6.07) is 11.6. The van der Waals surface area contributed by atoms with E-state index in [2.05, 4.69) is 15.9 Å². The molecule has 72 valence electrons. The summed E-state index contributed by atoms with van der Waals surface area (Å²) in [5.41, 5.74) is 0.932. The Morgan fingerprint density at radius 1 is 1.21 bits per heavy atom. The van der Waals surface area contributed by atoms with Crippen LogP contribution < -0.4 is 0 Å². The van der Waals surface area contributed by atoms with Gasteiger partial charge in [-0.15, -0.1) is 11.3 Å². The van der Waals surface area contributed by atoms with Gasteiger partial charge < -0.3 is 5.11 Å². The van der Waals surface area contributed by atoms with E-state index in [0.29, 0.717) is 0 Å². The van der Waals surface area contributed by atoms with Crippen molar-refractivity contribution in [3.8, 4) is 0 Å². The minimum atomic E-state index is -0.507. The molecule has 1 N–H and O–H groups in total. The van der Waals surface area contributed by atoms with E-state index in [0.717, 1.165) is 14.9 Å². The van der Waals surface area contributed by atoms with Crippen LogP contribution in [-0.2, 0) is 0 Å². The highest BCUT2D eigenvalue weighted by molar-refractivity contribution is 9.10. The fourth-order valence-corrected chi connectivity index (χ4v) is 2.73. The molecule has 0 radical (unpaired) electrons. The third-order valence-electron chi connectivity index (χ3n) is 1.97. The van der Waals surface area contributed by atoms with Gasteiger partial charge in [0.05, 0.1) is 0 Å². The van der Waals surface area contributed by atoms with Gasteiger partial charge in [-0.1, -0.05) is 30.3 Å². The van der Waals surface area contributed by atoms with Gasteiger partial charge in [0.25, 0.3) is 0 Å². The second kappa shape index (κ2) is 4.26. The van der Waals surface area contributed by atoms with Crippen molar-refractivity contribution in [2.75, 3.05) is 0 Å². The first kappa shape index (κ1) is 9.90. The van der Waals surface area contributed by atoms with E-state index in [1.54, 1.807) is 11.3 Å². The normalized spacial score (nSPS) is 12.7. The van der Waals surface area contributed by atoms with Crippen molar-refractivity contribution < 1.29 is 5.11 Å². The quantitative estimate of drug-likeness (QED) is 0.883. The topological polar surface area (TPSA) is 20.2 Å². The first-order valence-corrected chi connectivity index (χ1v) is 5.91. The van der Waals surface area contributed by atoms with Crippen LogP contribution in [0.1, 0.15) is 16.5 Å². The van der Waals surface area contributed by atoms with Gasteiger partial charge >= 0.3 is 0 Å². The maximum Gasteiger partial charge on any atom is 0.113 e. The fraction of sp³-hybridized carbons (Fsp3) is 0.0909. The molecule has 0 saturated heterocycles. The van der Waals surface area contributed by atoms with E-state index in [1.165, 1.54) is 0 Å². The molecule has 1 atom stereocenters. The van der Waals surface area contributed by atoms with Crippen molar-refractivity contribution >= 4 is 27.3 Å². The van der Waals surface area contributed by atoms with Crippen LogP contribution in [0.25, 0.3) is 0 Å². The lowest BCUT2D eigenvalue weighted by molar-refractivity contribution is 0.224. The highest BCUT2D eigenvalue weighted by atomic mass is 79.9. The summed E-state index contributed by atoms with van der Waals surface area (Å²) >= 11 is 4.93. The second-order valence-electron chi connectivity index (χ2n) is 2.98. The van der Waals surface area contributed by atoms with Crippen LogP contribution >= 0.6 is 27.3 Å². The van der Waals surface area contributed by atoms with Crippen LogP contribution in [0.2, 0.25) is 0 Å². The van der Waals surface area contributed by atoms with Crippen LogP contribution in [0.15, 0.2) is 46.3 Å². The van der Waals surface area contributed by atoms with Crippen molar-refractivity contribution in [2.24, 2.45) is 0 Å². The summed E-state index contributed by atoms with van der Waals surface area (Å²) in [6.07, 6.45) is -0.507. The summed E-state index contributed by atoms with van der Waals surface area (Å²) in [7, 11) is 0. The van der Waals surface area contributed by atoms with Gasteiger partial charge in [0.2, 0.25) is 0 Å². The fourth-order valence-electron chi connectivity index (χ4n) is 1.27. The van der Waals surface area contributed by atoms with Crippen molar-refractivity contribution in [3.63, 3.8) is 0 Å². The molecule has 2 aromatic rings. The van der Waals surface area contributed by atoms with E-state index < -0.39 is 6.10 Å². The monoisotopic (exact) mass is 268 g/mol. The molecule has 1 aromatic heterocycles. The summed E-state index contributed by atoms with van der Waals surface area (Å²) in [6.45, 7) is 0. The molecule has 0 amide bonds. The molecular formula is C11H9BrOS. The van der Waals surface area contributed by atoms with E-state index in [1.807, 2.05) is 41.8 Å². The smallest absolute Gasteiger partial charge is 0.113 e. The van der Waals surface area contributed by atoms with Gasteiger partial charge in [-0.2, -0.15) is 0 Å². The van der Waals surface area contributed by atoms with Crippen LogP contribution in [0.4, 0.5) is 0 Å². The number of hydrogen-bond acceptors (Lipinski definition) is 2. The Labute approximate surface area is 95.2 Å². The van der Waals surface area contributed by atoms with Gasteiger partial charge in [-0.05, 0) is 27.6 Å². The molecule has 1 aromatic carbocycles. The zero-order valence-corrected chi connectivity index (χ0v) is 9.75. The lowest BCUT2D eigenvalue weighted by atomic mass is 10.1. The largest absolute Gasteiger partial charge is 0.383 e. The van der Waals surface area contributed by atoms with E-state index in [9.17, 15) is 5.11 Å². The lowest BCUT2D eigenvalue weighted by Gasteiger charge is -2.07. The number of hydrogen-bond donors (Lipinski definition) is 1. The highest BCUT2D eigenvalue weighted by Crippen LogP contribution is 2.29. The molecule has 0 aliphatic heterocycles. The van der Waals surface area contributed by atoms with Crippen molar-refractivity contribution in [1.29, 1.82) is 0 Å². The van der Waals surface area contributed by atoms with Gasteiger partial charge in [-0.25, -0.2) is 0 Å². The maximum absolute atomic E-state index is 9.99. The maximum atomic E-state index is 9.99. The molecule has 0 saturated carbocycles. The Balaban J connectivity index is 2.29. The minimum Gasteiger partial charge on any atom is -0.383 e. The van der Waals surface area contributed by atoms with Crippen LogP contribution in [0, 0.1) is 0 Å². The molecule has 1 nitrogen and oxygen atoms in total. The molecular weight excluding hydrogens is 260 g/mol. The third-order valence-corrected chi connectivity index (χ3v) is 3.72. The molecule has 0 bridgehead atoms. The second-order valence-corrected chi connectivity index (χ2v) is 4.84. The molecule has 3 heteroatoms. The Morgan fingerprint density at radius 2 is 1.93 bits per heavy atom. The third kappa shape index (κ3) is 2.05. The molecule has 0 unspecified atom stereocenters. The first-order valence-electron chi connectivity index (χ1n) is 4.24. The molecule has 14 heavy (non-hydrogen) atoms. The average Bonchev–Trinajstić information content (AvgIpc) is 2.65. The summed E-state index contributed by atoms with van der Waals surface area (Å²) < 4.78 is 1.02. The van der Waals surface area contributed by atoms with Crippen molar-refractivity contribution in [2.45, 2.75) is 6.10 Å². The zero-order chi connectivity index (χ0) is 9.97. The molecule has 0 spiro atoms. The number of halogens is 1. The number of aliphatic hydroxyl groups is 1. The first-order chi connectivity index (χ1) is 6.77. The van der Waals surface area contributed by atoms with Gasteiger partial charge in [0.15, 0.2) is 0 Å². The average molecular weight is 269 g/mol. The number of benzene rings is 1. The molecule has 0 aliphatic rings. The minimum absolute atomic E-state index is 0.507. The molecule has 0 aliphatic carbocycles. The van der Waals surface area contributed by atoms with Gasteiger partial charge in [0, 0.05) is 14.7 Å². The van der Waals surface area contributed by atoms with E-state index in [-0.39, 0.29) is 0 Å². The predicted octanol–water partition coefficient (Wildman–Crippen LogP) is 3.59. The molecule has 0 fully saturated rings. The summed E-state index contributed by atoms with van der Waals surface area (Å²) in [4.78, 5) is 0.961. The molecule has 2 rings (SSSR count). The van der Waals surface area contributed by atoms with Gasteiger partial charge in [-0.3, -0.25) is 0 Å². The molecule has 1 heterocycles. The Kier molecular flexibility index (Phi) is 3.01. The van der Waals surface area contributed by atoms with E-state index >= 15 is 0 Å². The van der Waals surface area contributed by atoms with Crippen LogP contribution in [0.3, 0.4) is 0 Å². The van der Waals surface area contributed by atoms with Crippen molar-refractivity contribution in [1.82, 2.24) is 0 Å². The summed E-state index contributed by atoms with van der Waals surface area (Å²) in [5.74, 6) is 0. The zero-order valence-electron chi connectivity index (χ0n) is 7.35. The van der Waals surface area contributed by atoms with Crippen LogP contribution in [0.5, 0.6) is 0 Å². The van der Waals surface area contributed by atoms with Gasteiger partial charge in [0.1, 0.15) is 6.10 Å². The Morgan fingerprint density at radius 3 is 2.50 bits per heavy atom. The number of thiophene rings is 1. The number of rotatable bonds is 2. The van der Waals surface area contributed by atoms with Crippen LogP contribution in [-0.4, -0.2) is 5.11 Å². The standard InChI is InChI=1S/C11H9BrOS/c12-9-6-10(14-7-9)11(13)8-4-2-1-3-5-8/h1-7,11,13H/t11-/m1/s1. The Bertz CT molecular complexity index is 410. The Hall–Kier alpha value is -0.640. The van der Waals surface area contributed by atoms with E-state index in [4.69, 9.17) is 0 Å². The van der Waals surface area contributed by atoms with Crippen molar-refractivity contribution in [3.05, 3.63) is 56.7 Å². The lowest BCUT2D eigenvalue weighted by Crippen LogP contribution is -1.95. The SMILES string of the molecule is O[C@H](c1ccccc1)c1cc(Br)cs1.